The second-order valence-corrected chi connectivity index (χ2v) is 12.7. The molecule has 18 heteroatoms. The SMILES string of the molecule is CC[C@H](C)[C@H](N)C(=O)N[C@@H](CCC(=O)O)C(=O)N1CCC[C@H]1C(=O)N[C@H](C(=O)N[C@@H](CCCCN)C(=O)N[C@@H](CC(=O)O)C(=O)O)C(C)C. The maximum atomic E-state index is 13.7. The van der Waals surface area contributed by atoms with Gasteiger partial charge >= 0.3 is 17.9 Å². The fourth-order valence-electron chi connectivity index (χ4n) is 5.26. The largest absolute Gasteiger partial charge is 0.481 e. The minimum absolute atomic E-state index is 0.0436. The summed E-state index contributed by atoms with van der Waals surface area (Å²) in [5, 5.41) is 37.5. The molecule has 0 saturated carbocycles. The number of nitrogens with zero attached hydrogens (tertiary/aromatic N) is 1. The van der Waals surface area contributed by atoms with E-state index in [1.54, 1.807) is 20.8 Å². The van der Waals surface area contributed by atoms with E-state index in [9.17, 15) is 48.6 Å². The fraction of sp³-hybridized carbons (Fsp3) is 0.742. The van der Waals surface area contributed by atoms with Crippen LogP contribution in [0.4, 0.5) is 0 Å². The summed E-state index contributed by atoms with van der Waals surface area (Å²) in [5.74, 6) is -8.63. The average Bonchev–Trinajstić information content (AvgIpc) is 3.53. The number of likely N-dealkylation sites (tertiary alicyclic amines) is 1. The van der Waals surface area contributed by atoms with Crippen LogP contribution in [0.1, 0.15) is 85.5 Å². The summed E-state index contributed by atoms with van der Waals surface area (Å²) in [4.78, 5) is 102. The van der Waals surface area contributed by atoms with Gasteiger partial charge in [0.15, 0.2) is 0 Å². The van der Waals surface area contributed by atoms with Gasteiger partial charge in [-0.15, -0.1) is 0 Å². The van der Waals surface area contributed by atoms with Crippen molar-refractivity contribution in [3.8, 4) is 0 Å². The van der Waals surface area contributed by atoms with Crippen LogP contribution in [0.2, 0.25) is 0 Å². The van der Waals surface area contributed by atoms with Crippen LogP contribution in [0, 0.1) is 11.8 Å². The molecule has 278 valence electrons. The summed E-state index contributed by atoms with van der Waals surface area (Å²) >= 11 is 0. The number of carbonyl (C=O) groups is 8. The summed E-state index contributed by atoms with van der Waals surface area (Å²) in [6.45, 7) is 7.30. The van der Waals surface area contributed by atoms with E-state index in [1.165, 1.54) is 4.90 Å². The highest BCUT2D eigenvalue weighted by molar-refractivity contribution is 5.97. The molecule has 11 N–H and O–H groups in total. The maximum absolute atomic E-state index is 13.7. The van der Waals surface area contributed by atoms with Crippen LogP contribution in [-0.4, -0.2) is 117 Å². The van der Waals surface area contributed by atoms with Gasteiger partial charge in [-0.05, 0) is 56.9 Å². The molecule has 1 heterocycles. The van der Waals surface area contributed by atoms with Gasteiger partial charge in [-0.2, -0.15) is 0 Å². The third kappa shape index (κ3) is 14.0. The van der Waals surface area contributed by atoms with Crippen LogP contribution < -0.4 is 32.7 Å². The molecule has 0 spiro atoms. The summed E-state index contributed by atoms with van der Waals surface area (Å²) in [7, 11) is 0. The van der Waals surface area contributed by atoms with E-state index < -0.39 is 102 Å². The molecular formula is C31H53N7O11. The van der Waals surface area contributed by atoms with Crippen molar-refractivity contribution >= 4 is 47.4 Å². The van der Waals surface area contributed by atoms with Crippen LogP contribution in [-0.2, 0) is 38.4 Å². The van der Waals surface area contributed by atoms with E-state index in [0.717, 1.165) is 0 Å². The number of carbonyl (C=O) groups excluding carboxylic acids is 5. The number of rotatable bonds is 22. The highest BCUT2D eigenvalue weighted by Crippen LogP contribution is 2.21. The Morgan fingerprint density at radius 1 is 0.796 bits per heavy atom. The Hall–Kier alpha value is -4.32. The molecule has 0 bridgehead atoms. The van der Waals surface area contributed by atoms with Crippen molar-refractivity contribution in [3.05, 3.63) is 0 Å². The molecule has 18 nitrogen and oxygen atoms in total. The van der Waals surface area contributed by atoms with Gasteiger partial charge in [0.05, 0.1) is 12.5 Å². The van der Waals surface area contributed by atoms with E-state index >= 15 is 0 Å². The van der Waals surface area contributed by atoms with Crippen LogP contribution >= 0.6 is 0 Å². The third-order valence-electron chi connectivity index (χ3n) is 8.48. The first-order chi connectivity index (χ1) is 22.9. The standard InChI is InChI=1S/C31H53N7O11/c1-5-17(4)24(33)28(45)35-19(11-12-22(39)40)30(47)38-14-8-10-21(38)27(44)37-25(16(2)3)29(46)34-18(9-6-7-13-32)26(43)36-20(31(48)49)15-23(41)42/h16-21,24-25H,5-15,32-33H2,1-4H3,(H,34,46)(H,35,45)(H,36,43)(H,37,44)(H,39,40)(H,41,42)(H,48,49)/t17-,18-,19-,20-,21-,24-,25-/m0/s1. The molecule has 0 aromatic heterocycles. The van der Waals surface area contributed by atoms with E-state index in [4.69, 9.17) is 16.6 Å². The molecule has 1 aliphatic heterocycles. The van der Waals surface area contributed by atoms with Crippen molar-refractivity contribution in [3.63, 3.8) is 0 Å². The smallest absolute Gasteiger partial charge is 0.326 e. The zero-order valence-corrected chi connectivity index (χ0v) is 28.6. The van der Waals surface area contributed by atoms with Crippen molar-refractivity contribution in [2.75, 3.05) is 13.1 Å². The van der Waals surface area contributed by atoms with Gasteiger partial charge in [-0.25, -0.2) is 4.79 Å². The minimum atomic E-state index is -1.75. The van der Waals surface area contributed by atoms with Crippen LogP contribution in [0.25, 0.3) is 0 Å². The fourth-order valence-corrected chi connectivity index (χ4v) is 5.26. The molecular weight excluding hydrogens is 646 g/mol. The molecule has 0 aromatic rings. The predicted octanol–water partition coefficient (Wildman–Crippen LogP) is -1.50. The van der Waals surface area contributed by atoms with Crippen LogP contribution in [0.3, 0.4) is 0 Å². The quantitative estimate of drug-likeness (QED) is 0.0582. The van der Waals surface area contributed by atoms with E-state index in [-0.39, 0.29) is 38.3 Å². The summed E-state index contributed by atoms with van der Waals surface area (Å²) in [5.41, 5.74) is 11.6. The highest BCUT2D eigenvalue weighted by atomic mass is 16.4. The Bertz CT molecular complexity index is 1200. The normalized spacial score (nSPS) is 17.9. The number of hydrogen-bond acceptors (Lipinski definition) is 10. The summed E-state index contributed by atoms with van der Waals surface area (Å²) in [6.07, 6.45) is 0.555. The Morgan fingerprint density at radius 2 is 1.41 bits per heavy atom. The van der Waals surface area contributed by atoms with Crippen molar-refractivity contribution in [2.24, 2.45) is 23.3 Å². The molecule has 0 aliphatic carbocycles. The molecule has 0 radical (unpaired) electrons. The van der Waals surface area contributed by atoms with Gasteiger partial charge in [0.25, 0.3) is 0 Å². The molecule has 0 aromatic carbocycles. The number of amides is 5. The lowest BCUT2D eigenvalue weighted by Gasteiger charge is -2.31. The third-order valence-corrected chi connectivity index (χ3v) is 8.48. The van der Waals surface area contributed by atoms with Crippen molar-refractivity contribution in [2.45, 2.75) is 122 Å². The van der Waals surface area contributed by atoms with E-state index in [0.29, 0.717) is 25.7 Å². The molecule has 7 atom stereocenters. The highest BCUT2D eigenvalue weighted by Gasteiger charge is 2.40. The number of unbranched alkanes of at least 4 members (excludes halogenated alkanes) is 1. The summed E-state index contributed by atoms with van der Waals surface area (Å²) in [6, 6.07) is -7.50. The van der Waals surface area contributed by atoms with E-state index in [2.05, 4.69) is 21.3 Å². The molecule has 49 heavy (non-hydrogen) atoms. The topological polar surface area (TPSA) is 301 Å². The first-order valence-corrected chi connectivity index (χ1v) is 16.6. The molecule has 1 fully saturated rings. The zero-order chi connectivity index (χ0) is 37.4. The Labute approximate surface area is 285 Å². The maximum Gasteiger partial charge on any atom is 0.326 e. The molecule has 5 amide bonds. The van der Waals surface area contributed by atoms with Crippen LogP contribution in [0.5, 0.6) is 0 Å². The second kappa shape index (κ2) is 20.9. The lowest BCUT2D eigenvalue weighted by Crippen LogP contribution is -2.60. The number of aliphatic carboxylic acids is 3. The van der Waals surface area contributed by atoms with Crippen molar-refractivity contribution in [1.29, 1.82) is 0 Å². The average molecular weight is 700 g/mol. The molecule has 0 unspecified atom stereocenters. The Morgan fingerprint density at radius 3 is 1.94 bits per heavy atom. The Balaban J connectivity index is 3.17. The van der Waals surface area contributed by atoms with Gasteiger partial charge in [0.1, 0.15) is 30.2 Å². The first-order valence-electron chi connectivity index (χ1n) is 16.6. The van der Waals surface area contributed by atoms with Gasteiger partial charge in [0.2, 0.25) is 29.5 Å². The number of nitrogens with two attached hydrogens (primary N) is 2. The number of carboxylic acid groups (broad SMARTS) is 3. The molecule has 1 rings (SSSR count). The van der Waals surface area contributed by atoms with Gasteiger partial charge in [0, 0.05) is 13.0 Å². The van der Waals surface area contributed by atoms with Crippen molar-refractivity contribution < 1.29 is 53.7 Å². The van der Waals surface area contributed by atoms with E-state index in [1.807, 2.05) is 6.92 Å². The minimum Gasteiger partial charge on any atom is -0.481 e. The molecule has 1 saturated heterocycles. The van der Waals surface area contributed by atoms with Crippen LogP contribution in [0.15, 0.2) is 0 Å². The predicted molar refractivity (Wildman–Crippen MR) is 174 cm³/mol. The second-order valence-electron chi connectivity index (χ2n) is 12.7. The van der Waals surface area contributed by atoms with Gasteiger partial charge < -0.3 is 53.0 Å². The monoisotopic (exact) mass is 699 g/mol. The lowest BCUT2D eigenvalue weighted by atomic mass is 9.98. The van der Waals surface area contributed by atoms with Crippen molar-refractivity contribution in [1.82, 2.24) is 26.2 Å². The van der Waals surface area contributed by atoms with Gasteiger partial charge in [-0.3, -0.25) is 33.6 Å². The van der Waals surface area contributed by atoms with Gasteiger partial charge in [-0.1, -0.05) is 34.1 Å². The number of carboxylic acids is 3. The lowest BCUT2D eigenvalue weighted by molar-refractivity contribution is -0.147. The first kappa shape index (κ1) is 42.7. The molecule has 1 aliphatic rings. The Kier molecular flexibility index (Phi) is 18.2. The zero-order valence-electron chi connectivity index (χ0n) is 28.6. The summed E-state index contributed by atoms with van der Waals surface area (Å²) < 4.78 is 0. The number of nitrogens with one attached hydrogen (secondary N) is 4. The number of hydrogen-bond donors (Lipinski definition) is 9.